The van der Waals surface area contributed by atoms with E-state index in [-0.39, 0.29) is 0 Å². The molecular formula is C8H13N3. The van der Waals surface area contributed by atoms with E-state index in [2.05, 4.69) is 29.1 Å². The highest BCUT2D eigenvalue weighted by Crippen LogP contribution is 2.26. The maximum Gasteiger partial charge on any atom is 0.0858 e. The van der Waals surface area contributed by atoms with Crippen molar-refractivity contribution in [3.8, 4) is 0 Å². The first-order valence-electron chi connectivity index (χ1n) is 4.04. The minimum Gasteiger partial charge on any atom is -0.372 e. The van der Waals surface area contributed by atoms with Gasteiger partial charge in [0.2, 0.25) is 0 Å². The summed E-state index contributed by atoms with van der Waals surface area (Å²) in [5.74, 6) is 0. The number of anilines is 1. The monoisotopic (exact) mass is 151 g/mol. The maximum absolute atomic E-state index is 4.24. The van der Waals surface area contributed by atoms with E-state index in [1.165, 1.54) is 23.5 Å². The van der Waals surface area contributed by atoms with Gasteiger partial charge in [-0.05, 0) is 19.8 Å². The van der Waals surface area contributed by atoms with E-state index in [0.29, 0.717) is 0 Å². The lowest BCUT2D eigenvalue weighted by atomic mass is 10.1. The molecular weight excluding hydrogens is 138 g/mol. The number of aryl methyl sites for hydroxylation is 2. The normalized spacial score (nSPS) is 16.7. The number of nitrogens with zero attached hydrogens (tertiary/aromatic N) is 2. The Bertz CT molecular complexity index is 264. The van der Waals surface area contributed by atoms with Crippen molar-refractivity contribution in [3.05, 3.63) is 11.4 Å². The van der Waals surface area contributed by atoms with Gasteiger partial charge in [-0.25, -0.2) is 0 Å². The average molecular weight is 151 g/mol. The lowest BCUT2D eigenvalue weighted by Crippen LogP contribution is -2.24. The SMILES string of the molecule is Cc1[nH]nc2c1N(C)CCC2. The van der Waals surface area contributed by atoms with E-state index in [4.69, 9.17) is 0 Å². The zero-order chi connectivity index (χ0) is 7.84. The van der Waals surface area contributed by atoms with Gasteiger partial charge in [-0.15, -0.1) is 0 Å². The molecule has 0 radical (unpaired) electrons. The molecule has 1 aliphatic rings. The molecule has 60 valence electrons. The first-order chi connectivity index (χ1) is 5.29. The Morgan fingerprint density at radius 2 is 2.36 bits per heavy atom. The number of hydrogen-bond donors (Lipinski definition) is 1. The third-order valence-corrected chi connectivity index (χ3v) is 2.28. The fourth-order valence-electron chi connectivity index (χ4n) is 1.75. The fourth-order valence-corrected chi connectivity index (χ4v) is 1.75. The first kappa shape index (κ1) is 6.70. The first-order valence-corrected chi connectivity index (χ1v) is 4.04. The van der Waals surface area contributed by atoms with Crippen molar-refractivity contribution >= 4 is 5.69 Å². The van der Waals surface area contributed by atoms with Crippen LogP contribution < -0.4 is 4.90 Å². The number of aromatic amines is 1. The van der Waals surface area contributed by atoms with Crippen molar-refractivity contribution in [2.24, 2.45) is 0 Å². The van der Waals surface area contributed by atoms with Gasteiger partial charge in [0.1, 0.15) is 0 Å². The minimum absolute atomic E-state index is 1.13. The second-order valence-electron chi connectivity index (χ2n) is 3.17. The third-order valence-electron chi connectivity index (χ3n) is 2.28. The highest BCUT2D eigenvalue weighted by molar-refractivity contribution is 5.55. The van der Waals surface area contributed by atoms with E-state index in [9.17, 15) is 0 Å². The zero-order valence-corrected chi connectivity index (χ0v) is 7.02. The Kier molecular flexibility index (Phi) is 1.37. The van der Waals surface area contributed by atoms with Crippen molar-refractivity contribution in [2.75, 3.05) is 18.5 Å². The summed E-state index contributed by atoms with van der Waals surface area (Å²) in [4.78, 5) is 2.28. The van der Waals surface area contributed by atoms with E-state index in [1.807, 2.05) is 0 Å². The van der Waals surface area contributed by atoms with Gasteiger partial charge in [-0.3, -0.25) is 5.10 Å². The smallest absolute Gasteiger partial charge is 0.0858 e. The Hall–Kier alpha value is -0.990. The van der Waals surface area contributed by atoms with Gasteiger partial charge in [0.15, 0.2) is 0 Å². The molecule has 1 aromatic heterocycles. The fraction of sp³-hybridized carbons (Fsp3) is 0.625. The average Bonchev–Trinajstić information content (AvgIpc) is 2.34. The van der Waals surface area contributed by atoms with Gasteiger partial charge in [0.25, 0.3) is 0 Å². The van der Waals surface area contributed by atoms with E-state index in [1.54, 1.807) is 0 Å². The Balaban J connectivity index is 2.48. The quantitative estimate of drug-likeness (QED) is 0.602. The van der Waals surface area contributed by atoms with Gasteiger partial charge >= 0.3 is 0 Å². The van der Waals surface area contributed by atoms with Crippen molar-refractivity contribution in [2.45, 2.75) is 19.8 Å². The molecule has 0 bridgehead atoms. The molecule has 1 aromatic rings. The molecule has 1 aliphatic heterocycles. The molecule has 0 amide bonds. The van der Waals surface area contributed by atoms with Crippen LogP contribution in [0, 0.1) is 6.92 Å². The van der Waals surface area contributed by atoms with Crippen LogP contribution in [0.1, 0.15) is 17.8 Å². The van der Waals surface area contributed by atoms with Gasteiger partial charge in [-0.1, -0.05) is 0 Å². The summed E-state index contributed by atoms with van der Waals surface area (Å²) in [6, 6.07) is 0. The summed E-state index contributed by atoms with van der Waals surface area (Å²) in [7, 11) is 2.13. The molecule has 0 saturated heterocycles. The lowest BCUT2D eigenvalue weighted by Gasteiger charge is -2.23. The number of rotatable bonds is 0. The van der Waals surface area contributed by atoms with Crippen LogP contribution in [0.2, 0.25) is 0 Å². The maximum atomic E-state index is 4.24. The topological polar surface area (TPSA) is 31.9 Å². The van der Waals surface area contributed by atoms with Gasteiger partial charge in [0, 0.05) is 13.6 Å². The predicted octanol–water partition coefficient (Wildman–Crippen LogP) is 1.10. The molecule has 1 N–H and O–H groups in total. The lowest BCUT2D eigenvalue weighted by molar-refractivity contribution is 0.729. The molecule has 0 unspecified atom stereocenters. The van der Waals surface area contributed by atoms with Crippen molar-refractivity contribution < 1.29 is 0 Å². The third kappa shape index (κ3) is 0.914. The van der Waals surface area contributed by atoms with Crippen molar-refractivity contribution in [1.82, 2.24) is 10.2 Å². The number of aromatic nitrogens is 2. The van der Waals surface area contributed by atoms with E-state index >= 15 is 0 Å². The summed E-state index contributed by atoms with van der Waals surface area (Å²) in [5, 5.41) is 7.26. The Morgan fingerprint density at radius 3 is 3.09 bits per heavy atom. The Morgan fingerprint density at radius 1 is 1.55 bits per heavy atom. The molecule has 2 heterocycles. The molecule has 2 rings (SSSR count). The second-order valence-corrected chi connectivity index (χ2v) is 3.17. The summed E-state index contributed by atoms with van der Waals surface area (Å²) >= 11 is 0. The second kappa shape index (κ2) is 2.26. The van der Waals surface area contributed by atoms with Crippen LogP contribution in [0.5, 0.6) is 0 Å². The summed E-state index contributed by atoms with van der Waals surface area (Å²) < 4.78 is 0. The van der Waals surface area contributed by atoms with Gasteiger partial charge < -0.3 is 4.90 Å². The Labute approximate surface area is 66.4 Å². The number of hydrogen-bond acceptors (Lipinski definition) is 2. The van der Waals surface area contributed by atoms with E-state index < -0.39 is 0 Å². The molecule has 3 heteroatoms. The van der Waals surface area contributed by atoms with Crippen LogP contribution in [-0.2, 0) is 6.42 Å². The summed E-state index contributed by atoms with van der Waals surface area (Å²) in [6.45, 7) is 3.24. The largest absolute Gasteiger partial charge is 0.372 e. The van der Waals surface area contributed by atoms with Crippen LogP contribution in [-0.4, -0.2) is 23.8 Å². The molecule has 0 aliphatic carbocycles. The predicted molar refractivity (Wildman–Crippen MR) is 44.9 cm³/mol. The summed E-state index contributed by atoms with van der Waals surface area (Å²) in [6.07, 6.45) is 2.36. The molecule has 0 saturated carbocycles. The molecule has 0 atom stereocenters. The van der Waals surface area contributed by atoms with Crippen LogP contribution in [0.3, 0.4) is 0 Å². The number of fused-ring (bicyclic) bond motifs is 1. The molecule has 0 aromatic carbocycles. The van der Waals surface area contributed by atoms with Crippen molar-refractivity contribution in [3.63, 3.8) is 0 Å². The van der Waals surface area contributed by atoms with Crippen LogP contribution in [0.15, 0.2) is 0 Å². The zero-order valence-electron chi connectivity index (χ0n) is 7.02. The van der Waals surface area contributed by atoms with E-state index in [0.717, 1.165) is 13.0 Å². The van der Waals surface area contributed by atoms with Crippen LogP contribution in [0.4, 0.5) is 5.69 Å². The highest BCUT2D eigenvalue weighted by atomic mass is 15.2. The molecule has 0 fully saturated rings. The van der Waals surface area contributed by atoms with Gasteiger partial charge in [-0.2, -0.15) is 5.10 Å². The summed E-state index contributed by atoms with van der Waals surface area (Å²) in [5.41, 5.74) is 3.75. The molecule has 11 heavy (non-hydrogen) atoms. The highest BCUT2D eigenvalue weighted by Gasteiger charge is 2.17. The van der Waals surface area contributed by atoms with Crippen LogP contribution in [0.25, 0.3) is 0 Å². The standard InChI is InChI=1S/C8H13N3/c1-6-8-7(10-9-6)4-3-5-11(8)2/h3-5H2,1-2H3,(H,9,10). The van der Waals surface area contributed by atoms with Crippen molar-refractivity contribution in [1.29, 1.82) is 0 Å². The number of nitrogens with one attached hydrogen (secondary N) is 1. The van der Waals surface area contributed by atoms with Gasteiger partial charge in [0.05, 0.1) is 17.1 Å². The molecule has 3 nitrogen and oxygen atoms in total. The molecule has 0 spiro atoms. The number of H-pyrrole nitrogens is 1. The minimum atomic E-state index is 1.13. The van der Waals surface area contributed by atoms with Crippen LogP contribution >= 0.6 is 0 Å².